The maximum atomic E-state index is 3.99. The minimum atomic E-state index is 0.834. The van der Waals surface area contributed by atoms with Crippen LogP contribution >= 0.6 is 0 Å². The van der Waals surface area contributed by atoms with Gasteiger partial charge >= 0.3 is 0 Å². The number of rotatable bonds is 0. The zero-order valence-electron chi connectivity index (χ0n) is 7.23. The third kappa shape index (κ3) is 1.71. The van der Waals surface area contributed by atoms with Crippen LogP contribution in [0, 0.1) is 0 Å². The molecular weight excluding hydrogens is 150 g/mol. The van der Waals surface area contributed by atoms with E-state index in [1.165, 1.54) is 6.33 Å². The fraction of sp³-hybridized carbons (Fsp3) is 0.222. The fourth-order valence-corrected chi connectivity index (χ4v) is 0.781. The largest absolute Gasteiger partial charge is 0.215 e. The van der Waals surface area contributed by atoms with Gasteiger partial charge in [0.1, 0.15) is 6.33 Å². The van der Waals surface area contributed by atoms with Crippen LogP contribution in [-0.2, 0) is 0 Å². The Balaban J connectivity index is 0.000000336. The van der Waals surface area contributed by atoms with Crippen LogP contribution in [0.1, 0.15) is 19.7 Å². The average molecular weight is 161 g/mol. The molecule has 3 nitrogen and oxygen atoms in total. The number of aromatic nitrogens is 3. The Morgan fingerprint density at radius 3 is 3.08 bits per heavy atom. The molecule has 3 heteroatoms. The second kappa shape index (κ2) is 4.31. The Bertz CT molecular complexity index is 327. The van der Waals surface area contributed by atoms with E-state index in [2.05, 4.69) is 15.8 Å². The standard InChI is InChI=1S/C7H5N3.C2H6/c1-2-4-7-8-6-9-10(7)5-3-1;1-2/h1-2,4-6H;1-2H3. The smallest absolute Gasteiger partial charge is 0.155 e. The number of allylic oxidation sites excluding steroid dienone is 2. The maximum absolute atomic E-state index is 3.99. The predicted molar refractivity (Wildman–Crippen MR) is 49.2 cm³/mol. The molecule has 0 fully saturated rings. The molecule has 0 N–H and O–H groups in total. The van der Waals surface area contributed by atoms with Gasteiger partial charge in [-0.1, -0.05) is 19.9 Å². The number of nitrogens with zero attached hydrogens (tertiary/aromatic N) is 3. The van der Waals surface area contributed by atoms with E-state index >= 15 is 0 Å². The Hall–Kier alpha value is -1.60. The van der Waals surface area contributed by atoms with E-state index in [-0.39, 0.29) is 0 Å². The molecule has 1 aromatic rings. The van der Waals surface area contributed by atoms with Gasteiger partial charge in [-0.25, -0.2) is 9.67 Å². The van der Waals surface area contributed by atoms with Crippen LogP contribution in [0.5, 0.6) is 0 Å². The van der Waals surface area contributed by atoms with E-state index in [1.807, 2.05) is 32.1 Å². The van der Waals surface area contributed by atoms with E-state index < -0.39 is 0 Å². The fourth-order valence-electron chi connectivity index (χ4n) is 0.781. The molecule has 1 aliphatic rings. The van der Waals surface area contributed by atoms with Crippen molar-refractivity contribution in [1.29, 1.82) is 0 Å². The molecule has 0 spiro atoms. The average Bonchev–Trinajstić information content (AvgIpc) is 2.46. The summed E-state index contributed by atoms with van der Waals surface area (Å²) in [5.41, 5.74) is 2.91. The number of hydrogen-bond donors (Lipinski definition) is 0. The SMILES string of the molecule is C1=CC=Cc2ncnn2C=1.CC. The van der Waals surface area contributed by atoms with Gasteiger partial charge in [-0.15, -0.1) is 5.73 Å². The van der Waals surface area contributed by atoms with Gasteiger partial charge in [0.25, 0.3) is 0 Å². The summed E-state index contributed by atoms with van der Waals surface area (Å²) in [6, 6.07) is 0. The number of hydrogen-bond acceptors (Lipinski definition) is 2. The Labute approximate surface area is 71.7 Å². The molecule has 0 aliphatic carbocycles. The lowest BCUT2D eigenvalue weighted by Gasteiger charge is -1.87. The molecular formula is C9H11N3. The quantitative estimate of drug-likeness (QED) is 0.544. The van der Waals surface area contributed by atoms with Crippen LogP contribution in [0.25, 0.3) is 12.3 Å². The second-order valence-electron chi connectivity index (χ2n) is 1.88. The first-order valence-corrected chi connectivity index (χ1v) is 3.95. The highest BCUT2D eigenvalue weighted by Gasteiger charge is 1.95. The second-order valence-corrected chi connectivity index (χ2v) is 1.88. The third-order valence-electron chi connectivity index (χ3n) is 1.24. The monoisotopic (exact) mass is 161 g/mol. The van der Waals surface area contributed by atoms with Crippen molar-refractivity contribution in [3.63, 3.8) is 0 Å². The lowest BCUT2D eigenvalue weighted by atomic mass is 10.5. The van der Waals surface area contributed by atoms with Crippen LogP contribution in [0.15, 0.2) is 24.2 Å². The molecule has 0 unspecified atom stereocenters. The zero-order chi connectivity index (χ0) is 8.81. The molecule has 62 valence electrons. The summed E-state index contributed by atoms with van der Waals surface area (Å²) in [6.07, 6.45) is 8.83. The van der Waals surface area contributed by atoms with Crippen molar-refractivity contribution in [2.24, 2.45) is 0 Å². The van der Waals surface area contributed by atoms with Gasteiger partial charge in [-0.2, -0.15) is 5.10 Å². The van der Waals surface area contributed by atoms with Crippen molar-refractivity contribution < 1.29 is 0 Å². The molecule has 0 radical (unpaired) electrons. The lowest BCUT2D eigenvalue weighted by molar-refractivity contribution is 0.924. The highest BCUT2D eigenvalue weighted by molar-refractivity contribution is 5.48. The Kier molecular flexibility index (Phi) is 3.05. The van der Waals surface area contributed by atoms with Gasteiger partial charge < -0.3 is 0 Å². The van der Waals surface area contributed by atoms with E-state index in [1.54, 1.807) is 10.9 Å². The van der Waals surface area contributed by atoms with Crippen LogP contribution < -0.4 is 0 Å². The Morgan fingerprint density at radius 2 is 2.25 bits per heavy atom. The first kappa shape index (κ1) is 8.50. The summed E-state index contributed by atoms with van der Waals surface area (Å²) in [7, 11) is 0. The van der Waals surface area contributed by atoms with Gasteiger partial charge in [-0.3, -0.25) is 0 Å². The molecule has 0 atom stereocenters. The van der Waals surface area contributed by atoms with Gasteiger partial charge in [0.2, 0.25) is 0 Å². The first-order chi connectivity index (χ1) is 5.97. The van der Waals surface area contributed by atoms with E-state index in [9.17, 15) is 0 Å². The van der Waals surface area contributed by atoms with Crippen molar-refractivity contribution in [3.8, 4) is 0 Å². The minimum absolute atomic E-state index is 0.834. The minimum Gasteiger partial charge on any atom is -0.215 e. The molecule has 1 aromatic heterocycles. The molecule has 2 heterocycles. The maximum Gasteiger partial charge on any atom is 0.155 e. The summed E-state index contributed by atoms with van der Waals surface area (Å²) in [5.74, 6) is 0.834. The molecule has 0 saturated carbocycles. The van der Waals surface area contributed by atoms with Crippen LogP contribution in [0.4, 0.5) is 0 Å². The summed E-state index contributed by atoms with van der Waals surface area (Å²) in [5, 5.41) is 3.93. The third-order valence-corrected chi connectivity index (χ3v) is 1.24. The first-order valence-electron chi connectivity index (χ1n) is 3.95. The number of fused-ring (bicyclic) bond motifs is 1. The van der Waals surface area contributed by atoms with Crippen LogP contribution in [0.3, 0.4) is 0 Å². The van der Waals surface area contributed by atoms with E-state index in [0.29, 0.717) is 0 Å². The summed E-state index contributed by atoms with van der Waals surface area (Å²) in [4.78, 5) is 3.99. The van der Waals surface area contributed by atoms with Crippen molar-refractivity contribution >= 4 is 12.3 Å². The molecule has 12 heavy (non-hydrogen) atoms. The molecule has 2 rings (SSSR count). The summed E-state index contributed by atoms with van der Waals surface area (Å²) >= 11 is 0. The van der Waals surface area contributed by atoms with E-state index in [4.69, 9.17) is 0 Å². The molecule has 0 amide bonds. The molecule has 0 bridgehead atoms. The van der Waals surface area contributed by atoms with Gasteiger partial charge in [0, 0.05) is 0 Å². The normalized spacial score (nSPS) is 11.5. The molecule has 0 saturated heterocycles. The topological polar surface area (TPSA) is 30.7 Å². The molecule has 1 aliphatic heterocycles. The van der Waals surface area contributed by atoms with Crippen molar-refractivity contribution in [2.45, 2.75) is 13.8 Å². The van der Waals surface area contributed by atoms with E-state index in [0.717, 1.165) is 5.82 Å². The van der Waals surface area contributed by atoms with Gasteiger partial charge in [0.05, 0.1) is 6.20 Å². The molecule has 0 aromatic carbocycles. The zero-order valence-corrected chi connectivity index (χ0v) is 7.23. The lowest BCUT2D eigenvalue weighted by Crippen LogP contribution is -1.89. The van der Waals surface area contributed by atoms with Gasteiger partial charge in [-0.05, 0) is 12.2 Å². The Morgan fingerprint density at radius 1 is 1.42 bits per heavy atom. The summed E-state index contributed by atoms with van der Waals surface area (Å²) in [6.45, 7) is 4.00. The van der Waals surface area contributed by atoms with Crippen LogP contribution in [-0.4, -0.2) is 14.8 Å². The van der Waals surface area contributed by atoms with Gasteiger partial charge in [0.15, 0.2) is 5.82 Å². The highest BCUT2D eigenvalue weighted by Crippen LogP contribution is 1.99. The van der Waals surface area contributed by atoms with Crippen LogP contribution in [0.2, 0.25) is 0 Å². The van der Waals surface area contributed by atoms with Crippen molar-refractivity contribution in [2.75, 3.05) is 0 Å². The predicted octanol–water partition coefficient (Wildman–Crippen LogP) is 1.96. The summed E-state index contributed by atoms with van der Waals surface area (Å²) < 4.78 is 1.67. The highest BCUT2D eigenvalue weighted by atomic mass is 15.3. The van der Waals surface area contributed by atoms with Crippen molar-refractivity contribution in [1.82, 2.24) is 14.8 Å². The van der Waals surface area contributed by atoms with Crippen molar-refractivity contribution in [3.05, 3.63) is 30.0 Å².